The second-order valence-electron chi connectivity index (χ2n) is 5.35. The third-order valence-electron chi connectivity index (χ3n) is 2.35. The summed E-state index contributed by atoms with van der Waals surface area (Å²) in [5.74, 6) is 0. The van der Waals surface area contributed by atoms with Gasteiger partial charge in [-0.05, 0) is 26.8 Å². The van der Waals surface area contributed by atoms with Crippen molar-refractivity contribution >= 4 is 16.2 Å². The lowest BCUT2D eigenvalue weighted by molar-refractivity contribution is 0.0526. The van der Waals surface area contributed by atoms with Gasteiger partial charge in [0, 0.05) is 12.3 Å². The highest BCUT2D eigenvalue weighted by Gasteiger charge is 2.24. The van der Waals surface area contributed by atoms with E-state index in [4.69, 9.17) is 14.4 Å². The first-order chi connectivity index (χ1) is 9.95. The standard InChI is InChI=1S/C12H18N2O7S/c1-12(2,3)21-11(17)14(6-7-15)13-5-4-9(8-10(13)16)22(18,19)20/h4-5,8,15H,6-7H2,1-3H3,(H,18,19,20). The van der Waals surface area contributed by atoms with Crippen LogP contribution in [0, 0.1) is 0 Å². The number of aromatic nitrogens is 1. The van der Waals surface area contributed by atoms with E-state index >= 15 is 0 Å². The molecule has 0 bridgehead atoms. The predicted octanol–water partition coefficient (Wildman–Crippen LogP) is -0.0396. The first-order valence-electron chi connectivity index (χ1n) is 6.27. The normalized spacial score (nSPS) is 12.0. The maximum absolute atomic E-state index is 12.0. The number of carbonyl (C=O) groups is 1. The van der Waals surface area contributed by atoms with Gasteiger partial charge in [0.1, 0.15) is 10.5 Å². The minimum absolute atomic E-state index is 0.236. The highest BCUT2D eigenvalue weighted by atomic mass is 32.2. The van der Waals surface area contributed by atoms with Crippen molar-refractivity contribution in [2.24, 2.45) is 0 Å². The smallest absolute Gasteiger partial charge is 0.429 e. The van der Waals surface area contributed by atoms with Crippen molar-refractivity contribution in [2.75, 3.05) is 18.2 Å². The molecule has 0 saturated carbocycles. The van der Waals surface area contributed by atoms with Gasteiger partial charge in [-0.3, -0.25) is 9.35 Å². The van der Waals surface area contributed by atoms with Gasteiger partial charge in [-0.1, -0.05) is 0 Å². The van der Waals surface area contributed by atoms with Crippen LogP contribution in [-0.2, 0) is 14.9 Å². The molecule has 9 nitrogen and oxygen atoms in total. The molecule has 124 valence electrons. The molecule has 0 spiro atoms. The van der Waals surface area contributed by atoms with Crippen LogP contribution in [0.5, 0.6) is 0 Å². The molecule has 1 amide bonds. The van der Waals surface area contributed by atoms with Gasteiger partial charge < -0.3 is 9.84 Å². The monoisotopic (exact) mass is 334 g/mol. The van der Waals surface area contributed by atoms with E-state index in [1.807, 2.05) is 0 Å². The highest BCUT2D eigenvalue weighted by molar-refractivity contribution is 7.85. The van der Waals surface area contributed by atoms with E-state index in [9.17, 15) is 18.0 Å². The molecule has 0 radical (unpaired) electrons. The zero-order valence-electron chi connectivity index (χ0n) is 12.4. The number of pyridine rings is 1. The van der Waals surface area contributed by atoms with Gasteiger partial charge in [-0.2, -0.15) is 8.42 Å². The molecule has 0 aromatic carbocycles. The van der Waals surface area contributed by atoms with Gasteiger partial charge in [0.05, 0.1) is 13.2 Å². The average Bonchev–Trinajstić information content (AvgIpc) is 2.33. The average molecular weight is 334 g/mol. The molecule has 22 heavy (non-hydrogen) atoms. The molecule has 1 aromatic heterocycles. The van der Waals surface area contributed by atoms with E-state index < -0.39 is 38.9 Å². The number of nitrogens with zero attached hydrogens (tertiary/aromatic N) is 2. The molecule has 0 atom stereocenters. The molecule has 0 fully saturated rings. The Morgan fingerprint density at radius 1 is 1.41 bits per heavy atom. The zero-order valence-corrected chi connectivity index (χ0v) is 13.2. The predicted molar refractivity (Wildman–Crippen MR) is 76.9 cm³/mol. The Bertz CT molecular complexity index is 703. The zero-order chi connectivity index (χ0) is 17.1. The van der Waals surface area contributed by atoms with Crippen LogP contribution in [0.4, 0.5) is 4.79 Å². The molecule has 0 unspecified atom stereocenters. The second kappa shape index (κ2) is 6.46. The number of ether oxygens (including phenoxy) is 1. The van der Waals surface area contributed by atoms with Crippen molar-refractivity contribution < 1.29 is 27.6 Å². The Morgan fingerprint density at radius 3 is 2.41 bits per heavy atom. The molecule has 0 aliphatic rings. The van der Waals surface area contributed by atoms with E-state index in [-0.39, 0.29) is 6.54 Å². The summed E-state index contributed by atoms with van der Waals surface area (Å²) in [6.07, 6.45) is 0.105. The van der Waals surface area contributed by atoms with Crippen molar-refractivity contribution in [1.82, 2.24) is 4.68 Å². The van der Waals surface area contributed by atoms with Gasteiger partial charge in [0.15, 0.2) is 0 Å². The van der Waals surface area contributed by atoms with Gasteiger partial charge in [-0.15, -0.1) is 0 Å². The van der Waals surface area contributed by atoms with Crippen molar-refractivity contribution in [3.05, 3.63) is 28.7 Å². The summed E-state index contributed by atoms with van der Waals surface area (Å²) < 4.78 is 36.7. The van der Waals surface area contributed by atoms with Crippen molar-refractivity contribution in [3.63, 3.8) is 0 Å². The summed E-state index contributed by atoms with van der Waals surface area (Å²) in [5, 5.41) is 9.84. The van der Waals surface area contributed by atoms with E-state index in [1.165, 1.54) is 0 Å². The minimum atomic E-state index is -4.53. The molecule has 0 saturated heterocycles. The third-order valence-corrected chi connectivity index (χ3v) is 3.20. The maximum atomic E-state index is 12.0. The molecular formula is C12H18N2O7S. The molecule has 0 aliphatic carbocycles. The van der Waals surface area contributed by atoms with Gasteiger partial charge in [0.25, 0.3) is 15.7 Å². The van der Waals surface area contributed by atoms with Crippen LogP contribution in [0.15, 0.2) is 28.0 Å². The van der Waals surface area contributed by atoms with E-state index in [2.05, 4.69) is 0 Å². The third kappa shape index (κ3) is 4.83. The first kappa shape index (κ1) is 18.1. The number of carbonyl (C=O) groups excluding carboxylic acids is 1. The summed E-state index contributed by atoms with van der Waals surface area (Å²) in [6, 6.07) is 1.61. The molecule has 1 heterocycles. The number of hydrogen-bond acceptors (Lipinski definition) is 6. The van der Waals surface area contributed by atoms with E-state index in [0.717, 1.165) is 21.9 Å². The summed E-state index contributed by atoms with van der Waals surface area (Å²) in [6.45, 7) is 4.22. The van der Waals surface area contributed by atoms with Crippen LogP contribution in [0.1, 0.15) is 20.8 Å². The number of rotatable bonds is 4. The Balaban J connectivity index is 3.23. The van der Waals surface area contributed by atoms with Crippen LogP contribution in [0.25, 0.3) is 0 Å². The fourth-order valence-corrected chi connectivity index (χ4v) is 1.99. The number of aliphatic hydroxyl groups excluding tert-OH is 1. The maximum Gasteiger partial charge on any atom is 0.429 e. The van der Waals surface area contributed by atoms with Crippen LogP contribution in [0.2, 0.25) is 0 Å². The minimum Gasteiger partial charge on any atom is -0.442 e. The summed E-state index contributed by atoms with van der Waals surface area (Å²) in [5.41, 5.74) is -1.70. The van der Waals surface area contributed by atoms with E-state index in [0.29, 0.717) is 6.07 Å². The van der Waals surface area contributed by atoms with E-state index in [1.54, 1.807) is 20.8 Å². The SMILES string of the molecule is CC(C)(C)OC(=O)N(CCO)n1ccc(S(=O)(=O)O)cc1=O. The van der Waals surface area contributed by atoms with Crippen LogP contribution >= 0.6 is 0 Å². The fourth-order valence-electron chi connectivity index (χ4n) is 1.51. The van der Waals surface area contributed by atoms with Gasteiger partial charge in [-0.25, -0.2) is 14.5 Å². The quantitative estimate of drug-likeness (QED) is 0.740. The topological polar surface area (TPSA) is 126 Å². The molecule has 1 rings (SSSR count). The molecular weight excluding hydrogens is 316 g/mol. The Morgan fingerprint density at radius 2 is 2.00 bits per heavy atom. The van der Waals surface area contributed by atoms with Gasteiger partial charge in [0.2, 0.25) is 0 Å². The molecule has 1 aromatic rings. The van der Waals surface area contributed by atoms with Gasteiger partial charge >= 0.3 is 6.09 Å². The Hall–Kier alpha value is -1.91. The molecule has 2 N–H and O–H groups in total. The Kier molecular flexibility index (Phi) is 5.33. The first-order valence-corrected chi connectivity index (χ1v) is 7.71. The van der Waals surface area contributed by atoms with Crippen LogP contribution in [0.3, 0.4) is 0 Å². The van der Waals surface area contributed by atoms with Crippen LogP contribution < -0.4 is 10.6 Å². The van der Waals surface area contributed by atoms with Crippen molar-refractivity contribution in [3.8, 4) is 0 Å². The van der Waals surface area contributed by atoms with Crippen LogP contribution in [-0.4, -0.2) is 47.6 Å². The van der Waals surface area contributed by atoms with Crippen molar-refractivity contribution in [1.29, 1.82) is 0 Å². The molecule has 0 aliphatic heterocycles. The lowest BCUT2D eigenvalue weighted by atomic mass is 10.2. The number of amides is 1. The summed E-state index contributed by atoms with van der Waals surface area (Å²) >= 11 is 0. The second-order valence-corrected chi connectivity index (χ2v) is 6.77. The number of hydrogen-bond donors (Lipinski definition) is 2. The number of aliphatic hydroxyl groups is 1. The lowest BCUT2D eigenvalue weighted by Crippen LogP contribution is -2.49. The molecule has 10 heteroatoms. The Labute approximate surface area is 127 Å². The lowest BCUT2D eigenvalue weighted by Gasteiger charge is -2.27. The van der Waals surface area contributed by atoms with Crippen molar-refractivity contribution in [2.45, 2.75) is 31.3 Å². The summed E-state index contributed by atoms with van der Waals surface area (Å²) in [4.78, 5) is 23.4. The summed E-state index contributed by atoms with van der Waals surface area (Å²) in [7, 11) is -4.53. The largest absolute Gasteiger partial charge is 0.442 e. The fraction of sp³-hybridized carbons (Fsp3) is 0.500. The highest BCUT2D eigenvalue weighted by Crippen LogP contribution is 2.10.